The maximum atomic E-state index is 12.8. The molecule has 0 aromatic carbocycles. The highest BCUT2D eigenvalue weighted by atomic mass is 35.5. The van der Waals surface area contributed by atoms with Gasteiger partial charge in [0.15, 0.2) is 10.9 Å². The van der Waals surface area contributed by atoms with Crippen molar-refractivity contribution in [2.75, 3.05) is 13.2 Å². The highest BCUT2D eigenvalue weighted by molar-refractivity contribution is 7.90. The summed E-state index contributed by atoms with van der Waals surface area (Å²) in [4.78, 5) is 4.18. The summed E-state index contributed by atoms with van der Waals surface area (Å²) in [7, 11) is 0. The molecule has 0 saturated carbocycles. The van der Waals surface area contributed by atoms with Crippen molar-refractivity contribution in [2.24, 2.45) is 0 Å². The molecule has 0 amide bonds. The number of ether oxygens (including phenoxy) is 1. The van der Waals surface area contributed by atoms with Crippen LogP contribution in [-0.2, 0) is 16.9 Å². The van der Waals surface area contributed by atoms with E-state index in [0.29, 0.717) is 18.1 Å². The van der Waals surface area contributed by atoms with Gasteiger partial charge >= 0.3 is 0 Å². The molecule has 122 valence electrons. The lowest BCUT2D eigenvalue weighted by atomic mass is 9.82. The number of pyridine rings is 1. The summed E-state index contributed by atoms with van der Waals surface area (Å²) in [5.41, 5.74) is 0.998. The molecule has 2 aliphatic heterocycles. The summed E-state index contributed by atoms with van der Waals surface area (Å²) in [6.45, 7) is 8.73. The minimum absolute atomic E-state index is 0.263. The number of hydrogen-bond acceptors (Lipinski definition) is 5. The second kappa shape index (κ2) is 5.24. The number of fused-ring (bicyclic) bond motifs is 2. The normalized spacial score (nSPS) is 27.2. The van der Waals surface area contributed by atoms with Gasteiger partial charge in [0, 0.05) is 23.5 Å². The molecule has 2 aliphatic rings. The van der Waals surface area contributed by atoms with Gasteiger partial charge in [-0.3, -0.25) is 0 Å². The summed E-state index contributed by atoms with van der Waals surface area (Å²) >= 11 is 5.07. The molecule has 1 aromatic heterocycles. The van der Waals surface area contributed by atoms with Gasteiger partial charge in [0.05, 0.1) is 11.8 Å². The Morgan fingerprint density at radius 2 is 2.23 bits per heavy atom. The third-order valence-corrected chi connectivity index (χ3v) is 6.50. The van der Waals surface area contributed by atoms with E-state index in [4.69, 9.17) is 16.3 Å². The molecule has 0 radical (unpaired) electrons. The van der Waals surface area contributed by atoms with Crippen molar-refractivity contribution in [3.05, 3.63) is 22.5 Å². The van der Waals surface area contributed by atoms with Gasteiger partial charge in [-0.2, -0.15) is 0 Å². The molecular weight excluding hydrogens is 324 g/mol. The zero-order chi connectivity index (χ0) is 16.3. The van der Waals surface area contributed by atoms with Crippen LogP contribution in [0.15, 0.2) is 6.07 Å². The Hall–Kier alpha value is -0.530. The summed E-state index contributed by atoms with van der Waals surface area (Å²) < 4.78 is 20.2. The zero-order valence-corrected chi connectivity index (χ0v) is 14.8. The van der Waals surface area contributed by atoms with E-state index in [1.54, 1.807) is 6.92 Å². The standard InChI is InChI=1S/C15H21ClN2O3S/c1-9(19)11-7-10-12(13(16)17-11)21-8-15(10)5-6-18(15)22(20)14(2,3)4/h7,9,19H,5-6,8H2,1-4H3. The zero-order valence-electron chi connectivity index (χ0n) is 13.2. The molecule has 3 atom stereocenters. The molecule has 7 heteroatoms. The molecule has 1 N–H and O–H groups in total. The number of aliphatic hydroxyl groups excluding tert-OH is 1. The molecule has 3 rings (SSSR count). The van der Waals surface area contributed by atoms with Gasteiger partial charge in [0.1, 0.15) is 16.9 Å². The lowest BCUT2D eigenvalue weighted by molar-refractivity contribution is 0.0432. The third kappa shape index (κ3) is 2.32. The molecule has 22 heavy (non-hydrogen) atoms. The van der Waals surface area contributed by atoms with E-state index in [-0.39, 0.29) is 9.90 Å². The summed E-state index contributed by atoms with van der Waals surface area (Å²) in [5, 5.41) is 10.1. The first-order chi connectivity index (χ1) is 10.2. The first kappa shape index (κ1) is 16.3. The second-order valence-corrected chi connectivity index (χ2v) is 9.45. The Morgan fingerprint density at radius 1 is 1.55 bits per heavy atom. The van der Waals surface area contributed by atoms with Crippen molar-refractivity contribution in [1.29, 1.82) is 0 Å². The molecule has 1 fully saturated rings. The molecular formula is C15H21ClN2O3S. The Bertz CT molecular complexity index is 605. The Morgan fingerprint density at radius 3 is 2.73 bits per heavy atom. The number of halogens is 1. The molecule has 1 aromatic rings. The lowest BCUT2D eigenvalue weighted by Gasteiger charge is -2.50. The Kier molecular flexibility index (Phi) is 3.89. The van der Waals surface area contributed by atoms with Crippen LogP contribution in [0.1, 0.15) is 51.5 Å². The fourth-order valence-corrected chi connectivity index (χ4v) is 4.68. The van der Waals surface area contributed by atoms with Crippen LogP contribution >= 0.6 is 11.6 Å². The van der Waals surface area contributed by atoms with Crippen LogP contribution in [0.2, 0.25) is 5.15 Å². The minimum atomic E-state index is -1.13. The average Bonchev–Trinajstić information content (AvgIpc) is 2.78. The van der Waals surface area contributed by atoms with Crippen LogP contribution in [0.3, 0.4) is 0 Å². The quantitative estimate of drug-likeness (QED) is 0.659. The maximum Gasteiger partial charge on any atom is 0.171 e. The predicted molar refractivity (Wildman–Crippen MR) is 86.3 cm³/mol. The molecule has 1 spiro atoms. The fourth-order valence-electron chi connectivity index (χ4n) is 2.95. The number of hydrogen-bond donors (Lipinski definition) is 1. The van der Waals surface area contributed by atoms with Crippen molar-refractivity contribution in [3.63, 3.8) is 0 Å². The first-order valence-electron chi connectivity index (χ1n) is 7.38. The van der Waals surface area contributed by atoms with E-state index in [2.05, 4.69) is 4.98 Å². The lowest BCUT2D eigenvalue weighted by Crippen LogP contribution is -2.63. The number of nitrogens with zero attached hydrogens (tertiary/aromatic N) is 2. The first-order valence-corrected chi connectivity index (χ1v) is 8.87. The van der Waals surface area contributed by atoms with Gasteiger partial charge in [0.2, 0.25) is 0 Å². The monoisotopic (exact) mass is 344 g/mol. The van der Waals surface area contributed by atoms with Crippen LogP contribution in [0, 0.1) is 0 Å². The molecule has 3 heterocycles. The van der Waals surface area contributed by atoms with E-state index in [9.17, 15) is 9.66 Å². The van der Waals surface area contributed by atoms with E-state index < -0.39 is 23.0 Å². The van der Waals surface area contributed by atoms with Crippen LogP contribution in [-0.4, -0.2) is 36.8 Å². The third-order valence-electron chi connectivity index (χ3n) is 4.27. The van der Waals surface area contributed by atoms with Crippen molar-refractivity contribution < 1.29 is 14.4 Å². The van der Waals surface area contributed by atoms with Gasteiger partial charge in [0.25, 0.3) is 0 Å². The van der Waals surface area contributed by atoms with Crippen LogP contribution < -0.4 is 4.74 Å². The summed E-state index contributed by atoms with van der Waals surface area (Å²) in [6, 6.07) is 1.84. The number of aromatic nitrogens is 1. The van der Waals surface area contributed by atoms with Crippen LogP contribution in [0.5, 0.6) is 5.75 Å². The van der Waals surface area contributed by atoms with Gasteiger partial charge in [-0.05, 0) is 40.2 Å². The topological polar surface area (TPSA) is 68.7 Å². The van der Waals surface area contributed by atoms with Gasteiger partial charge in [-0.25, -0.2) is 4.98 Å². The van der Waals surface area contributed by atoms with Crippen LogP contribution in [0.4, 0.5) is 0 Å². The molecule has 5 nitrogen and oxygen atoms in total. The molecule has 0 bridgehead atoms. The summed E-state index contributed by atoms with van der Waals surface area (Å²) in [5.74, 6) is 0.557. The molecule has 3 unspecified atom stereocenters. The molecule has 0 aliphatic carbocycles. The summed E-state index contributed by atoms with van der Waals surface area (Å²) in [6.07, 6.45) is 0.156. The highest BCUT2D eigenvalue weighted by Gasteiger charge is 2.60. The minimum Gasteiger partial charge on any atom is -0.597 e. The predicted octanol–water partition coefficient (Wildman–Crippen LogP) is 2.54. The maximum absolute atomic E-state index is 12.8. The smallest absolute Gasteiger partial charge is 0.171 e. The number of aliphatic hydroxyl groups is 1. The van der Waals surface area contributed by atoms with Gasteiger partial charge < -0.3 is 14.4 Å². The second-order valence-electron chi connectivity index (χ2n) is 6.92. The van der Waals surface area contributed by atoms with Crippen molar-refractivity contribution in [1.82, 2.24) is 9.29 Å². The average molecular weight is 345 g/mol. The fraction of sp³-hybridized carbons (Fsp3) is 0.667. The van der Waals surface area contributed by atoms with Crippen molar-refractivity contribution >= 4 is 23.0 Å². The molecule has 1 saturated heterocycles. The SMILES string of the molecule is CC(O)c1cc2c(c(Cl)n1)OCC21CCN1[S+]([O-])C(C)(C)C. The Labute approximate surface area is 138 Å². The van der Waals surface area contributed by atoms with Crippen molar-refractivity contribution in [2.45, 2.75) is 50.5 Å². The van der Waals surface area contributed by atoms with Gasteiger partial charge in [-0.1, -0.05) is 11.6 Å². The van der Waals surface area contributed by atoms with Crippen molar-refractivity contribution in [3.8, 4) is 5.75 Å². The highest BCUT2D eigenvalue weighted by Crippen LogP contribution is 2.53. The van der Waals surface area contributed by atoms with E-state index in [1.165, 1.54) is 0 Å². The van der Waals surface area contributed by atoms with E-state index in [0.717, 1.165) is 18.5 Å². The Balaban J connectivity index is 2.03. The number of rotatable bonds is 2. The van der Waals surface area contributed by atoms with E-state index in [1.807, 2.05) is 31.1 Å². The van der Waals surface area contributed by atoms with Gasteiger partial charge in [-0.15, -0.1) is 4.31 Å². The van der Waals surface area contributed by atoms with E-state index >= 15 is 0 Å². The largest absolute Gasteiger partial charge is 0.597 e. The van der Waals surface area contributed by atoms with Crippen LogP contribution in [0.25, 0.3) is 0 Å².